The lowest BCUT2D eigenvalue weighted by molar-refractivity contribution is 0.0728. The van der Waals surface area contributed by atoms with E-state index in [1.165, 1.54) is 0 Å². The molecule has 0 aromatic heterocycles. The van der Waals surface area contributed by atoms with Gasteiger partial charge in [0.05, 0.1) is 0 Å². The first-order valence-corrected chi connectivity index (χ1v) is 10.9. The standard InChI is InChI=1S/C23H28N6O3/c30-21(28-13-9-24-10-14-28)17-1-5-19(6-2-17)26-23(32)27-20-7-3-18(4-8-20)22(31)29-15-11-25-12-16-29/h1-8,24-25H,9-16H2,(H2,26,27,32). The Morgan fingerprint density at radius 1 is 0.594 bits per heavy atom. The lowest BCUT2D eigenvalue weighted by Gasteiger charge is -2.27. The summed E-state index contributed by atoms with van der Waals surface area (Å²) in [6, 6.07) is 13.3. The van der Waals surface area contributed by atoms with E-state index in [9.17, 15) is 14.4 Å². The summed E-state index contributed by atoms with van der Waals surface area (Å²) in [5, 5.41) is 12.0. The predicted octanol–water partition coefficient (Wildman–Crippen LogP) is 1.42. The van der Waals surface area contributed by atoms with Crippen molar-refractivity contribution in [3.05, 3.63) is 59.7 Å². The Hall–Kier alpha value is -3.43. The fourth-order valence-corrected chi connectivity index (χ4v) is 3.79. The Morgan fingerprint density at radius 2 is 0.938 bits per heavy atom. The predicted molar refractivity (Wildman–Crippen MR) is 123 cm³/mol. The van der Waals surface area contributed by atoms with Gasteiger partial charge < -0.3 is 31.1 Å². The number of nitrogens with one attached hydrogen (secondary N) is 4. The van der Waals surface area contributed by atoms with Gasteiger partial charge in [-0.05, 0) is 48.5 Å². The van der Waals surface area contributed by atoms with Crippen LogP contribution in [0.3, 0.4) is 0 Å². The summed E-state index contributed by atoms with van der Waals surface area (Å²) in [6.07, 6.45) is 0. The van der Waals surface area contributed by atoms with E-state index >= 15 is 0 Å². The van der Waals surface area contributed by atoms with Crippen molar-refractivity contribution in [1.82, 2.24) is 20.4 Å². The smallest absolute Gasteiger partial charge is 0.323 e. The summed E-state index contributed by atoms with van der Waals surface area (Å²) in [5.74, 6) is -0.00379. The number of piperazine rings is 2. The molecule has 0 unspecified atom stereocenters. The van der Waals surface area contributed by atoms with Gasteiger partial charge in [0.1, 0.15) is 0 Å². The number of carbonyl (C=O) groups is 3. The van der Waals surface area contributed by atoms with Gasteiger partial charge in [-0.2, -0.15) is 0 Å². The molecule has 4 N–H and O–H groups in total. The number of rotatable bonds is 4. The molecule has 32 heavy (non-hydrogen) atoms. The highest BCUT2D eigenvalue weighted by Crippen LogP contribution is 2.15. The summed E-state index contributed by atoms with van der Waals surface area (Å²) in [5.41, 5.74) is 2.37. The lowest BCUT2D eigenvalue weighted by Crippen LogP contribution is -2.46. The van der Waals surface area contributed by atoms with Crippen molar-refractivity contribution in [2.75, 3.05) is 63.0 Å². The second kappa shape index (κ2) is 10.3. The fraction of sp³-hybridized carbons (Fsp3) is 0.348. The molecular formula is C23H28N6O3. The first kappa shape index (κ1) is 21.8. The van der Waals surface area contributed by atoms with Gasteiger partial charge in [-0.1, -0.05) is 0 Å². The second-order valence-corrected chi connectivity index (χ2v) is 7.82. The van der Waals surface area contributed by atoms with E-state index in [4.69, 9.17) is 0 Å². The van der Waals surface area contributed by atoms with Crippen molar-refractivity contribution < 1.29 is 14.4 Å². The molecule has 2 aliphatic rings. The van der Waals surface area contributed by atoms with Gasteiger partial charge in [0.25, 0.3) is 11.8 Å². The lowest BCUT2D eigenvalue weighted by atomic mass is 10.1. The van der Waals surface area contributed by atoms with Crippen LogP contribution in [0.4, 0.5) is 16.2 Å². The van der Waals surface area contributed by atoms with E-state index in [2.05, 4.69) is 21.3 Å². The SMILES string of the molecule is O=C(Nc1ccc(C(=O)N2CCNCC2)cc1)Nc1ccc(C(=O)N2CCNCC2)cc1. The van der Waals surface area contributed by atoms with Crippen molar-refractivity contribution in [2.24, 2.45) is 0 Å². The van der Waals surface area contributed by atoms with Crippen LogP contribution in [0, 0.1) is 0 Å². The Bertz CT molecular complexity index is 871. The zero-order valence-corrected chi connectivity index (χ0v) is 17.9. The molecule has 2 saturated heterocycles. The molecule has 2 aromatic carbocycles. The Balaban J connectivity index is 1.29. The molecule has 0 atom stereocenters. The van der Waals surface area contributed by atoms with Crippen molar-refractivity contribution in [1.29, 1.82) is 0 Å². The molecular weight excluding hydrogens is 408 g/mol. The first-order chi connectivity index (χ1) is 15.6. The fourth-order valence-electron chi connectivity index (χ4n) is 3.79. The van der Waals surface area contributed by atoms with Crippen molar-refractivity contribution in [3.63, 3.8) is 0 Å². The molecule has 2 aliphatic heterocycles. The van der Waals surface area contributed by atoms with Crippen LogP contribution in [0.5, 0.6) is 0 Å². The summed E-state index contributed by atoms with van der Waals surface area (Å²) in [7, 11) is 0. The number of carbonyl (C=O) groups excluding carboxylic acids is 3. The van der Waals surface area contributed by atoms with E-state index in [1.54, 1.807) is 48.5 Å². The molecule has 0 bridgehead atoms. The van der Waals surface area contributed by atoms with Crippen molar-refractivity contribution in [2.45, 2.75) is 0 Å². The third-order valence-electron chi connectivity index (χ3n) is 5.59. The van der Waals surface area contributed by atoms with Crippen molar-refractivity contribution >= 4 is 29.2 Å². The first-order valence-electron chi connectivity index (χ1n) is 10.9. The quantitative estimate of drug-likeness (QED) is 0.580. The molecule has 0 spiro atoms. The van der Waals surface area contributed by atoms with Crippen LogP contribution >= 0.6 is 0 Å². The third kappa shape index (κ3) is 5.43. The topological polar surface area (TPSA) is 106 Å². The monoisotopic (exact) mass is 436 g/mol. The highest BCUT2D eigenvalue weighted by atomic mass is 16.2. The summed E-state index contributed by atoms with van der Waals surface area (Å²) < 4.78 is 0. The molecule has 2 fully saturated rings. The van der Waals surface area contributed by atoms with Crippen LogP contribution in [-0.2, 0) is 0 Å². The average Bonchev–Trinajstić information content (AvgIpc) is 2.85. The van der Waals surface area contributed by atoms with Gasteiger partial charge in [-0.15, -0.1) is 0 Å². The Morgan fingerprint density at radius 3 is 1.28 bits per heavy atom. The Kier molecular flexibility index (Phi) is 6.98. The molecule has 2 heterocycles. The number of nitrogens with zero attached hydrogens (tertiary/aromatic N) is 2. The number of benzene rings is 2. The summed E-state index contributed by atoms with van der Waals surface area (Å²) in [6.45, 7) is 5.99. The van der Waals surface area contributed by atoms with Crippen LogP contribution in [0.1, 0.15) is 20.7 Å². The molecule has 168 valence electrons. The van der Waals surface area contributed by atoms with E-state index < -0.39 is 6.03 Å². The molecule has 0 radical (unpaired) electrons. The van der Waals surface area contributed by atoms with Crippen LogP contribution in [0.25, 0.3) is 0 Å². The zero-order valence-electron chi connectivity index (χ0n) is 17.9. The maximum atomic E-state index is 12.5. The third-order valence-corrected chi connectivity index (χ3v) is 5.59. The van der Waals surface area contributed by atoms with Gasteiger partial charge in [0.15, 0.2) is 0 Å². The number of anilines is 2. The van der Waals surface area contributed by atoms with Gasteiger partial charge in [-0.25, -0.2) is 4.79 Å². The molecule has 4 amide bonds. The normalized spacial score (nSPS) is 16.4. The molecule has 9 nitrogen and oxygen atoms in total. The van der Waals surface area contributed by atoms with E-state index in [0.29, 0.717) is 48.7 Å². The van der Waals surface area contributed by atoms with Gasteiger partial charge in [-0.3, -0.25) is 9.59 Å². The maximum Gasteiger partial charge on any atom is 0.323 e. The van der Waals surface area contributed by atoms with E-state index in [1.807, 2.05) is 9.80 Å². The summed E-state index contributed by atoms with van der Waals surface area (Å²) in [4.78, 5) is 41.0. The second-order valence-electron chi connectivity index (χ2n) is 7.82. The minimum absolute atomic E-state index is 0.00189. The van der Waals surface area contributed by atoms with Gasteiger partial charge >= 0.3 is 6.03 Å². The van der Waals surface area contributed by atoms with Gasteiger partial charge in [0.2, 0.25) is 0 Å². The molecule has 0 saturated carbocycles. The number of urea groups is 1. The van der Waals surface area contributed by atoms with Crippen LogP contribution in [-0.4, -0.2) is 80.0 Å². The minimum Gasteiger partial charge on any atom is -0.336 e. The van der Waals surface area contributed by atoms with Crippen LogP contribution in [0.2, 0.25) is 0 Å². The molecule has 2 aromatic rings. The minimum atomic E-state index is -0.396. The number of hydrogen-bond acceptors (Lipinski definition) is 5. The largest absolute Gasteiger partial charge is 0.336 e. The van der Waals surface area contributed by atoms with Gasteiger partial charge in [0, 0.05) is 74.9 Å². The molecule has 9 heteroatoms. The van der Waals surface area contributed by atoms with E-state index in [0.717, 1.165) is 26.2 Å². The number of hydrogen-bond donors (Lipinski definition) is 4. The van der Waals surface area contributed by atoms with Crippen LogP contribution < -0.4 is 21.3 Å². The average molecular weight is 437 g/mol. The molecule has 4 rings (SSSR count). The highest BCUT2D eigenvalue weighted by molar-refractivity contribution is 6.01. The van der Waals surface area contributed by atoms with Crippen LogP contribution in [0.15, 0.2) is 48.5 Å². The maximum absolute atomic E-state index is 12.5. The van der Waals surface area contributed by atoms with Crippen molar-refractivity contribution in [3.8, 4) is 0 Å². The summed E-state index contributed by atoms with van der Waals surface area (Å²) >= 11 is 0. The Labute approximate surface area is 187 Å². The zero-order chi connectivity index (χ0) is 22.3. The number of amides is 4. The van der Waals surface area contributed by atoms with E-state index in [-0.39, 0.29) is 11.8 Å². The highest BCUT2D eigenvalue weighted by Gasteiger charge is 2.19. The molecule has 0 aliphatic carbocycles.